The number of sulfonamides is 1. The molecule has 0 aliphatic rings. The number of carboxylic acid groups (broad SMARTS) is 1. The van der Waals surface area contributed by atoms with Crippen LogP contribution in [0.15, 0.2) is 4.90 Å². The van der Waals surface area contributed by atoms with Crippen LogP contribution in [-0.2, 0) is 14.8 Å². The largest absolute Gasteiger partial charge is 0.481 e. The molecule has 1 atom stereocenters. The van der Waals surface area contributed by atoms with Crippen LogP contribution < -0.4 is 4.72 Å². The third kappa shape index (κ3) is 4.32. The van der Waals surface area contributed by atoms with E-state index < -0.39 is 16.0 Å². The Balaban J connectivity index is 2.67. The second kappa shape index (κ2) is 6.16. The van der Waals surface area contributed by atoms with Gasteiger partial charge in [0.25, 0.3) is 0 Å². The van der Waals surface area contributed by atoms with Crippen LogP contribution in [0.25, 0.3) is 0 Å². The fourth-order valence-electron chi connectivity index (χ4n) is 1.88. The minimum absolute atomic E-state index is 0.0375. The minimum Gasteiger partial charge on any atom is -0.481 e. The molecule has 0 spiro atoms. The van der Waals surface area contributed by atoms with Gasteiger partial charge >= 0.3 is 5.97 Å². The standard InChI is InChI=1S/C11H19N3O4S/c1-7(5-4-6-10(15)16)14-19(17,18)11-8(2)12-13-9(11)3/h7,14H,4-6H2,1-3H3,(H,12,13)(H,15,16). The van der Waals surface area contributed by atoms with Gasteiger partial charge in [-0.2, -0.15) is 5.10 Å². The zero-order chi connectivity index (χ0) is 14.6. The van der Waals surface area contributed by atoms with E-state index in [1.54, 1.807) is 20.8 Å². The zero-order valence-electron chi connectivity index (χ0n) is 11.2. The Labute approximate surface area is 112 Å². The van der Waals surface area contributed by atoms with Gasteiger partial charge in [0.1, 0.15) is 4.90 Å². The first kappa shape index (κ1) is 15.6. The van der Waals surface area contributed by atoms with Crippen molar-refractivity contribution in [1.29, 1.82) is 0 Å². The van der Waals surface area contributed by atoms with Crippen molar-refractivity contribution in [3.8, 4) is 0 Å². The topological polar surface area (TPSA) is 112 Å². The number of rotatable bonds is 7. The number of nitrogens with one attached hydrogen (secondary N) is 2. The number of nitrogens with zero attached hydrogens (tertiary/aromatic N) is 1. The summed E-state index contributed by atoms with van der Waals surface area (Å²) >= 11 is 0. The van der Waals surface area contributed by atoms with Crippen molar-refractivity contribution >= 4 is 16.0 Å². The van der Waals surface area contributed by atoms with Crippen molar-refractivity contribution in [3.05, 3.63) is 11.4 Å². The molecule has 0 amide bonds. The summed E-state index contributed by atoms with van der Waals surface area (Å²) in [5, 5.41) is 15.0. The van der Waals surface area contributed by atoms with Gasteiger partial charge in [-0.25, -0.2) is 13.1 Å². The van der Waals surface area contributed by atoms with Gasteiger partial charge < -0.3 is 5.11 Å². The van der Waals surface area contributed by atoms with Crippen molar-refractivity contribution in [1.82, 2.24) is 14.9 Å². The molecular formula is C11H19N3O4S. The number of hydrogen-bond donors (Lipinski definition) is 3. The Morgan fingerprint density at radius 3 is 2.58 bits per heavy atom. The summed E-state index contributed by atoms with van der Waals surface area (Å²) in [6, 6.07) is -0.321. The lowest BCUT2D eigenvalue weighted by Gasteiger charge is -2.13. The van der Waals surface area contributed by atoms with E-state index in [0.717, 1.165) is 0 Å². The number of carbonyl (C=O) groups is 1. The van der Waals surface area contributed by atoms with Gasteiger partial charge in [0.05, 0.1) is 11.4 Å². The number of aryl methyl sites for hydroxylation is 2. The lowest BCUT2D eigenvalue weighted by atomic mass is 10.1. The van der Waals surface area contributed by atoms with Crippen LogP contribution >= 0.6 is 0 Å². The van der Waals surface area contributed by atoms with Crippen LogP contribution in [0.5, 0.6) is 0 Å². The average molecular weight is 289 g/mol. The highest BCUT2D eigenvalue weighted by molar-refractivity contribution is 7.89. The van der Waals surface area contributed by atoms with E-state index in [-0.39, 0.29) is 17.4 Å². The lowest BCUT2D eigenvalue weighted by Crippen LogP contribution is -2.33. The molecule has 1 heterocycles. The first-order valence-corrected chi connectivity index (χ1v) is 7.48. The molecule has 1 rings (SSSR count). The van der Waals surface area contributed by atoms with Crippen LogP contribution in [0.1, 0.15) is 37.6 Å². The van der Waals surface area contributed by atoms with Crippen molar-refractivity contribution in [2.45, 2.75) is 51.0 Å². The Morgan fingerprint density at radius 2 is 2.11 bits per heavy atom. The van der Waals surface area contributed by atoms with E-state index >= 15 is 0 Å². The average Bonchev–Trinajstić information content (AvgIpc) is 2.57. The second-order valence-electron chi connectivity index (χ2n) is 4.57. The Morgan fingerprint density at radius 1 is 1.47 bits per heavy atom. The van der Waals surface area contributed by atoms with Crippen LogP contribution in [-0.4, -0.2) is 35.7 Å². The van der Waals surface area contributed by atoms with Crippen molar-refractivity contribution in [3.63, 3.8) is 0 Å². The van der Waals surface area contributed by atoms with Gasteiger partial charge in [-0.15, -0.1) is 0 Å². The van der Waals surface area contributed by atoms with Gasteiger partial charge in [0.15, 0.2) is 0 Å². The molecule has 1 aromatic heterocycles. The lowest BCUT2D eigenvalue weighted by molar-refractivity contribution is -0.137. The summed E-state index contributed by atoms with van der Waals surface area (Å²) in [6.07, 6.45) is 0.944. The van der Waals surface area contributed by atoms with Crippen LogP contribution in [0.4, 0.5) is 0 Å². The predicted molar refractivity (Wildman–Crippen MR) is 69.3 cm³/mol. The maximum absolute atomic E-state index is 12.2. The number of aromatic amines is 1. The van der Waals surface area contributed by atoms with E-state index in [2.05, 4.69) is 14.9 Å². The molecule has 0 bridgehead atoms. The molecular weight excluding hydrogens is 270 g/mol. The number of aliphatic carboxylic acids is 1. The van der Waals surface area contributed by atoms with Gasteiger partial charge in [-0.1, -0.05) is 0 Å². The minimum atomic E-state index is -3.62. The Bertz CT molecular complexity index is 531. The van der Waals surface area contributed by atoms with Crippen molar-refractivity contribution in [2.75, 3.05) is 0 Å². The van der Waals surface area contributed by atoms with E-state index in [4.69, 9.17) is 5.11 Å². The zero-order valence-corrected chi connectivity index (χ0v) is 12.0. The molecule has 108 valence electrons. The molecule has 0 saturated carbocycles. The van der Waals surface area contributed by atoms with E-state index in [9.17, 15) is 13.2 Å². The van der Waals surface area contributed by atoms with Crippen molar-refractivity contribution < 1.29 is 18.3 Å². The number of aromatic nitrogens is 2. The highest BCUT2D eigenvalue weighted by Crippen LogP contribution is 2.17. The molecule has 0 aliphatic heterocycles. The molecule has 0 radical (unpaired) electrons. The van der Waals surface area contributed by atoms with E-state index in [1.807, 2.05) is 0 Å². The van der Waals surface area contributed by atoms with Gasteiger partial charge in [0.2, 0.25) is 10.0 Å². The predicted octanol–water partition coefficient (Wildman–Crippen LogP) is 0.948. The van der Waals surface area contributed by atoms with Crippen LogP contribution in [0.3, 0.4) is 0 Å². The molecule has 19 heavy (non-hydrogen) atoms. The number of carboxylic acids is 1. The molecule has 0 fully saturated rings. The number of hydrogen-bond acceptors (Lipinski definition) is 4. The Kier molecular flexibility index (Phi) is 5.07. The Hall–Kier alpha value is -1.41. The quantitative estimate of drug-likeness (QED) is 0.691. The first-order valence-electron chi connectivity index (χ1n) is 5.99. The maximum Gasteiger partial charge on any atom is 0.303 e. The molecule has 0 saturated heterocycles. The summed E-state index contributed by atoms with van der Waals surface area (Å²) in [5.74, 6) is -0.878. The fourth-order valence-corrected chi connectivity index (χ4v) is 3.53. The fraction of sp³-hybridized carbons (Fsp3) is 0.636. The first-order chi connectivity index (χ1) is 8.74. The summed E-state index contributed by atoms with van der Waals surface area (Å²) in [7, 11) is -3.62. The summed E-state index contributed by atoms with van der Waals surface area (Å²) in [6.45, 7) is 4.97. The smallest absolute Gasteiger partial charge is 0.303 e. The molecule has 7 nitrogen and oxygen atoms in total. The SMILES string of the molecule is Cc1n[nH]c(C)c1S(=O)(=O)NC(C)CCCC(=O)O. The van der Waals surface area contributed by atoms with E-state index in [1.165, 1.54) is 0 Å². The van der Waals surface area contributed by atoms with E-state index in [0.29, 0.717) is 24.2 Å². The molecule has 0 aromatic carbocycles. The monoisotopic (exact) mass is 289 g/mol. The summed E-state index contributed by atoms with van der Waals surface area (Å²) < 4.78 is 26.8. The molecule has 1 unspecified atom stereocenters. The third-order valence-corrected chi connectivity index (χ3v) is 4.57. The summed E-state index contributed by atoms with van der Waals surface area (Å²) in [5.41, 5.74) is 0.908. The maximum atomic E-state index is 12.2. The molecule has 0 aliphatic carbocycles. The number of H-pyrrole nitrogens is 1. The van der Waals surface area contributed by atoms with Crippen LogP contribution in [0, 0.1) is 13.8 Å². The van der Waals surface area contributed by atoms with Crippen molar-refractivity contribution in [2.24, 2.45) is 0 Å². The normalized spacial score (nSPS) is 13.4. The van der Waals surface area contributed by atoms with Crippen LogP contribution in [0.2, 0.25) is 0 Å². The van der Waals surface area contributed by atoms with Gasteiger partial charge in [-0.3, -0.25) is 9.89 Å². The highest BCUT2D eigenvalue weighted by atomic mass is 32.2. The van der Waals surface area contributed by atoms with Gasteiger partial charge in [0, 0.05) is 12.5 Å². The second-order valence-corrected chi connectivity index (χ2v) is 6.22. The molecule has 3 N–H and O–H groups in total. The highest BCUT2D eigenvalue weighted by Gasteiger charge is 2.23. The third-order valence-electron chi connectivity index (χ3n) is 2.71. The summed E-state index contributed by atoms with van der Waals surface area (Å²) in [4.78, 5) is 10.6. The van der Waals surface area contributed by atoms with Gasteiger partial charge in [-0.05, 0) is 33.6 Å². The molecule has 1 aromatic rings. The molecule has 8 heteroatoms.